The van der Waals surface area contributed by atoms with Crippen molar-refractivity contribution < 1.29 is 4.74 Å². The second-order valence-electron chi connectivity index (χ2n) is 5.55. The first-order chi connectivity index (χ1) is 8.53. The Hall–Kier alpha value is -0.680. The molecule has 0 amide bonds. The number of ether oxygens (including phenoxy) is 1. The van der Waals surface area contributed by atoms with Gasteiger partial charge in [-0.05, 0) is 17.6 Å². The third-order valence-corrected chi connectivity index (χ3v) is 4.81. The minimum absolute atomic E-state index is 0.379. The molecule has 2 heterocycles. The average Bonchev–Trinajstić information content (AvgIpc) is 2.68. The van der Waals surface area contributed by atoms with Crippen LogP contribution < -0.4 is 10.1 Å². The average molecular weight is 269 g/mol. The van der Waals surface area contributed by atoms with Gasteiger partial charge >= 0.3 is 0 Å². The van der Waals surface area contributed by atoms with Gasteiger partial charge in [0.2, 0.25) is 5.88 Å². The van der Waals surface area contributed by atoms with Gasteiger partial charge in [0, 0.05) is 31.5 Å². The molecule has 4 nitrogen and oxygen atoms in total. The quantitative estimate of drug-likeness (QED) is 0.908. The molecule has 1 aromatic rings. The van der Waals surface area contributed by atoms with Crippen molar-refractivity contribution in [1.29, 1.82) is 0 Å². The van der Waals surface area contributed by atoms with E-state index in [4.69, 9.17) is 4.74 Å². The fourth-order valence-electron chi connectivity index (χ4n) is 2.28. The second kappa shape index (κ2) is 5.53. The van der Waals surface area contributed by atoms with Gasteiger partial charge in [0.05, 0.1) is 12.8 Å². The van der Waals surface area contributed by atoms with Crippen molar-refractivity contribution >= 4 is 11.8 Å². The molecule has 0 saturated carbocycles. The Morgan fingerprint density at radius 3 is 3.00 bits per heavy atom. The highest BCUT2D eigenvalue weighted by Gasteiger charge is 2.32. The minimum Gasteiger partial charge on any atom is -0.481 e. The number of nitrogens with one attached hydrogen (secondary N) is 1. The Morgan fingerprint density at radius 2 is 2.39 bits per heavy atom. The summed E-state index contributed by atoms with van der Waals surface area (Å²) in [5.41, 5.74) is 1.42. The number of methoxy groups -OCH3 is 1. The summed E-state index contributed by atoms with van der Waals surface area (Å²) in [6.07, 6.45) is 1.28. The summed E-state index contributed by atoms with van der Waals surface area (Å²) in [5.74, 6) is 3.28. The fourth-order valence-corrected chi connectivity index (χ4v) is 3.93. The Balaban J connectivity index is 1.94. The van der Waals surface area contributed by atoms with Gasteiger partial charge in [-0.25, -0.2) is 4.68 Å². The summed E-state index contributed by atoms with van der Waals surface area (Å²) >= 11 is 2.04. The zero-order chi connectivity index (χ0) is 13.2. The van der Waals surface area contributed by atoms with E-state index < -0.39 is 0 Å². The molecule has 5 heteroatoms. The number of aryl methyl sites for hydroxylation is 1. The van der Waals surface area contributed by atoms with E-state index in [1.807, 2.05) is 24.9 Å². The molecule has 1 aliphatic rings. The van der Waals surface area contributed by atoms with Crippen LogP contribution in [0.5, 0.6) is 5.88 Å². The summed E-state index contributed by atoms with van der Waals surface area (Å²) in [5, 5.41) is 8.08. The molecule has 1 aromatic heterocycles. The van der Waals surface area contributed by atoms with Crippen LogP contribution in [-0.2, 0) is 13.6 Å². The number of hydrogen-bond acceptors (Lipinski definition) is 4. The molecule has 1 fully saturated rings. The van der Waals surface area contributed by atoms with Gasteiger partial charge in [-0.1, -0.05) is 13.8 Å². The van der Waals surface area contributed by atoms with E-state index in [1.165, 1.54) is 17.9 Å². The fraction of sp³-hybridized carbons (Fsp3) is 0.769. The SMILES string of the molecule is COc1cc(CNC2CSCCC2(C)C)nn1C. The zero-order valence-electron chi connectivity index (χ0n) is 11.7. The first-order valence-corrected chi connectivity index (χ1v) is 7.56. The van der Waals surface area contributed by atoms with Gasteiger partial charge in [0.25, 0.3) is 0 Å². The van der Waals surface area contributed by atoms with Crippen molar-refractivity contribution in [3.8, 4) is 5.88 Å². The van der Waals surface area contributed by atoms with E-state index in [0.717, 1.165) is 18.1 Å². The maximum Gasteiger partial charge on any atom is 0.211 e. The van der Waals surface area contributed by atoms with Crippen molar-refractivity contribution in [2.24, 2.45) is 12.5 Å². The van der Waals surface area contributed by atoms with Crippen LogP contribution in [0.15, 0.2) is 6.07 Å². The molecule has 0 spiro atoms. The standard InChI is InChI=1S/C13H23N3OS/c1-13(2)5-6-18-9-11(13)14-8-10-7-12(17-4)16(3)15-10/h7,11,14H,5-6,8-9H2,1-4H3. The zero-order valence-corrected chi connectivity index (χ0v) is 12.5. The van der Waals surface area contributed by atoms with Crippen LogP contribution in [0.3, 0.4) is 0 Å². The maximum atomic E-state index is 5.23. The normalized spacial score (nSPS) is 23.0. The highest BCUT2D eigenvalue weighted by atomic mass is 32.2. The predicted octanol–water partition coefficient (Wildman–Crippen LogP) is 2.05. The van der Waals surface area contributed by atoms with Gasteiger partial charge < -0.3 is 10.1 Å². The molecule has 102 valence electrons. The van der Waals surface area contributed by atoms with E-state index in [-0.39, 0.29) is 0 Å². The van der Waals surface area contributed by atoms with Crippen LogP contribution in [0.2, 0.25) is 0 Å². The molecule has 0 radical (unpaired) electrons. The monoisotopic (exact) mass is 269 g/mol. The maximum absolute atomic E-state index is 5.23. The van der Waals surface area contributed by atoms with E-state index in [1.54, 1.807) is 11.8 Å². The van der Waals surface area contributed by atoms with Crippen LogP contribution in [0.25, 0.3) is 0 Å². The van der Waals surface area contributed by atoms with Crippen molar-refractivity contribution in [2.45, 2.75) is 32.9 Å². The highest BCUT2D eigenvalue weighted by Crippen LogP contribution is 2.34. The number of nitrogens with zero attached hydrogens (tertiary/aromatic N) is 2. The predicted molar refractivity (Wildman–Crippen MR) is 76.1 cm³/mol. The van der Waals surface area contributed by atoms with Gasteiger partial charge in [-0.2, -0.15) is 16.9 Å². The summed E-state index contributed by atoms with van der Waals surface area (Å²) in [6.45, 7) is 5.51. The number of thioether (sulfide) groups is 1. The Bertz CT molecular complexity index is 403. The molecule has 1 unspecified atom stereocenters. The van der Waals surface area contributed by atoms with Crippen LogP contribution in [0.4, 0.5) is 0 Å². The third-order valence-electron chi connectivity index (χ3n) is 3.74. The van der Waals surface area contributed by atoms with Gasteiger partial charge in [-0.15, -0.1) is 0 Å². The molecule has 0 aromatic carbocycles. The number of hydrogen-bond donors (Lipinski definition) is 1. The first kappa shape index (κ1) is 13.7. The van der Waals surface area contributed by atoms with Crippen molar-refractivity contribution in [3.63, 3.8) is 0 Å². The van der Waals surface area contributed by atoms with E-state index in [0.29, 0.717) is 11.5 Å². The lowest BCUT2D eigenvalue weighted by molar-refractivity contribution is 0.244. The lowest BCUT2D eigenvalue weighted by atomic mass is 9.82. The summed E-state index contributed by atoms with van der Waals surface area (Å²) in [4.78, 5) is 0. The second-order valence-corrected chi connectivity index (χ2v) is 6.70. The Labute approximate surface area is 113 Å². The van der Waals surface area contributed by atoms with Crippen molar-refractivity contribution in [3.05, 3.63) is 11.8 Å². The third kappa shape index (κ3) is 3.01. The van der Waals surface area contributed by atoms with Crippen LogP contribution in [0, 0.1) is 5.41 Å². The molecular weight excluding hydrogens is 246 g/mol. The van der Waals surface area contributed by atoms with Crippen molar-refractivity contribution in [2.75, 3.05) is 18.6 Å². The molecule has 1 saturated heterocycles. The summed E-state index contributed by atoms with van der Waals surface area (Å²) in [7, 11) is 3.58. The van der Waals surface area contributed by atoms with Gasteiger partial charge in [0.15, 0.2) is 0 Å². The minimum atomic E-state index is 0.379. The van der Waals surface area contributed by atoms with E-state index >= 15 is 0 Å². The highest BCUT2D eigenvalue weighted by molar-refractivity contribution is 7.99. The van der Waals surface area contributed by atoms with Crippen LogP contribution in [0.1, 0.15) is 26.0 Å². The molecular formula is C13H23N3OS. The molecule has 1 atom stereocenters. The smallest absolute Gasteiger partial charge is 0.211 e. The molecule has 2 rings (SSSR count). The topological polar surface area (TPSA) is 39.1 Å². The molecule has 0 bridgehead atoms. The van der Waals surface area contributed by atoms with Crippen molar-refractivity contribution in [1.82, 2.24) is 15.1 Å². The Kier molecular flexibility index (Phi) is 4.22. The van der Waals surface area contributed by atoms with Crippen LogP contribution in [-0.4, -0.2) is 34.4 Å². The molecule has 1 aliphatic heterocycles. The number of aromatic nitrogens is 2. The van der Waals surface area contributed by atoms with Gasteiger partial charge in [-0.3, -0.25) is 0 Å². The lowest BCUT2D eigenvalue weighted by Crippen LogP contribution is -2.46. The van der Waals surface area contributed by atoms with E-state index in [2.05, 4.69) is 24.3 Å². The largest absolute Gasteiger partial charge is 0.481 e. The molecule has 0 aliphatic carbocycles. The van der Waals surface area contributed by atoms with Gasteiger partial charge in [0.1, 0.15) is 0 Å². The summed E-state index contributed by atoms with van der Waals surface area (Å²) in [6, 6.07) is 2.56. The Morgan fingerprint density at radius 1 is 1.61 bits per heavy atom. The van der Waals surface area contributed by atoms with Crippen LogP contribution >= 0.6 is 11.8 Å². The molecule has 18 heavy (non-hydrogen) atoms. The number of rotatable bonds is 4. The summed E-state index contributed by atoms with van der Waals surface area (Å²) < 4.78 is 7.00. The first-order valence-electron chi connectivity index (χ1n) is 6.41. The van der Waals surface area contributed by atoms with E-state index in [9.17, 15) is 0 Å². The lowest BCUT2D eigenvalue weighted by Gasteiger charge is -2.38. The molecule has 1 N–H and O–H groups in total.